The molecule has 0 aliphatic heterocycles. The number of nitrogens with zero attached hydrogens (tertiary/aromatic N) is 1. The molecule has 0 radical (unpaired) electrons. The minimum atomic E-state index is -0.295. The van der Waals surface area contributed by atoms with Crippen LogP contribution >= 0.6 is 0 Å². The second kappa shape index (κ2) is 4.61. The van der Waals surface area contributed by atoms with E-state index in [0.29, 0.717) is 22.6 Å². The third kappa shape index (κ3) is 2.89. The number of nitrogens with one attached hydrogen (secondary N) is 1. The van der Waals surface area contributed by atoms with Gasteiger partial charge < -0.3 is 4.98 Å². The summed E-state index contributed by atoms with van der Waals surface area (Å²) in [5, 5.41) is 0. The summed E-state index contributed by atoms with van der Waals surface area (Å²) in [6.45, 7) is 7.59. The molecule has 0 amide bonds. The van der Waals surface area contributed by atoms with Crippen LogP contribution in [0.1, 0.15) is 32.2 Å². The number of hydrogen-bond donors (Lipinski definition) is 1. The number of aryl methyl sites for hydroxylation is 1. The van der Waals surface area contributed by atoms with Crippen LogP contribution in [-0.4, -0.2) is 9.97 Å². The van der Waals surface area contributed by atoms with Gasteiger partial charge in [0, 0.05) is 17.0 Å². The first-order chi connectivity index (χ1) is 8.77. The zero-order valence-electron chi connectivity index (χ0n) is 11.5. The van der Waals surface area contributed by atoms with E-state index in [1.54, 1.807) is 19.1 Å². The Hall–Kier alpha value is -1.97. The third-order valence-corrected chi connectivity index (χ3v) is 2.92. The number of aromatic amines is 1. The Bertz CT molecular complexity index is 669. The van der Waals surface area contributed by atoms with E-state index in [9.17, 15) is 9.18 Å². The van der Waals surface area contributed by atoms with Gasteiger partial charge in [-0.15, -0.1) is 0 Å². The van der Waals surface area contributed by atoms with Crippen molar-refractivity contribution < 1.29 is 4.39 Å². The smallest absolute Gasteiger partial charge is 0.251 e. The van der Waals surface area contributed by atoms with Crippen LogP contribution in [-0.2, 0) is 5.41 Å². The monoisotopic (exact) mass is 260 g/mol. The van der Waals surface area contributed by atoms with Crippen LogP contribution < -0.4 is 5.56 Å². The predicted octanol–water partition coefficient (Wildman–Crippen LogP) is 3.18. The van der Waals surface area contributed by atoms with Crippen molar-refractivity contribution in [3.63, 3.8) is 0 Å². The van der Waals surface area contributed by atoms with Gasteiger partial charge in [0.2, 0.25) is 0 Å². The van der Waals surface area contributed by atoms with Crippen molar-refractivity contribution in [2.24, 2.45) is 0 Å². The lowest BCUT2D eigenvalue weighted by atomic mass is 9.95. The number of H-pyrrole nitrogens is 1. The molecule has 0 aliphatic carbocycles. The van der Waals surface area contributed by atoms with Crippen LogP contribution in [0.4, 0.5) is 4.39 Å². The molecule has 0 atom stereocenters. The average Bonchev–Trinajstić information content (AvgIpc) is 2.31. The zero-order chi connectivity index (χ0) is 14.2. The molecule has 1 aromatic carbocycles. The summed E-state index contributed by atoms with van der Waals surface area (Å²) >= 11 is 0. The Morgan fingerprint density at radius 3 is 2.47 bits per heavy atom. The molecule has 0 unspecified atom stereocenters. The van der Waals surface area contributed by atoms with Crippen LogP contribution in [0.25, 0.3) is 11.3 Å². The molecule has 0 spiro atoms. The molecule has 1 aromatic heterocycles. The fourth-order valence-corrected chi connectivity index (χ4v) is 1.71. The molecule has 0 saturated heterocycles. The summed E-state index contributed by atoms with van der Waals surface area (Å²) < 4.78 is 13.6. The van der Waals surface area contributed by atoms with Crippen molar-refractivity contribution in [3.05, 3.63) is 51.8 Å². The van der Waals surface area contributed by atoms with Gasteiger partial charge >= 0.3 is 0 Å². The lowest BCUT2D eigenvalue weighted by Crippen LogP contribution is -2.21. The van der Waals surface area contributed by atoms with Crippen LogP contribution in [0, 0.1) is 12.7 Å². The van der Waals surface area contributed by atoms with Gasteiger partial charge in [0.05, 0.1) is 5.69 Å². The lowest BCUT2D eigenvalue weighted by molar-refractivity contribution is 0.543. The van der Waals surface area contributed by atoms with Crippen molar-refractivity contribution in [2.75, 3.05) is 0 Å². The summed E-state index contributed by atoms with van der Waals surface area (Å²) in [6.07, 6.45) is 0. The maximum absolute atomic E-state index is 13.6. The van der Waals surface area contributed by atoms with Gasteiger partial charge in [-0.05, 0) is 18.6 Å². The van der Waals surface area contributed by atoms with Crippen LogP contribution in [0.5, 0.6) is 0 Å². The van der Waals surface area contributed by atoms with Gasteiger partial charge in [-0.2, -0.15) is 0 Å². The molecule has 0 fully saturated rings. The summed E-state index contributed by atoms with van der Waals surface area (Å²) in [7, 11) is 0. The van der Waals surface area contributed by atoms with Gasteiger partial charge in [0.25, 0.3) is 5.56 Å². The third-order valence-electron chi connectivity index (χ3n) is 2.92. The molecule has 1 N–H and O–H groups in total. The van der Waals surface area contributed by atoms with Crippen molar-refractivity contribution in [3.8, 4) is 11.3 Å². The zero-order valence-corrected chi connectivity index (χ0v) is 11.5. The van der Waals surface area contributed by atoms with E-state index in [0.717, 1.165) is 0 Å². The molecule has 1 heterocycles. The van der Waals surface area contributed by atoms with E-state index in [-0.39, 0.29) is 16.8 Å². The van der Waals surface area contributed by atoms with Crippen molar-refractivity contribution in [1.82, 2.24) is 9.97 Å². The molecule has 0 bridgehead atoms. The second-order valence-corrected chi connectivity index (χ2v) is 5.69. The fraction of sp³-hybridized carbons (Fsp3) is 0.333. The minimum Gasteiger partial charge on any atom is -0.310 e. The summed E-state index contributed by atoms with van der Waals surface area (Å²) in [5.41, 5.74) is 1.19. The Morgan fingerprint density at radius 2 is 1.89 bits per heavy atom. The van der Waals surface area contributed by atoms with E-state index >= 15 is 0 Å². The van der Waals surface area contributed by atoms with Gasteiger partial charge in [-0.1, -0.05) is 32.9 Å². The van der Waals surface area contributed by atoms with Crippen molar-refractivity contribution in [1.29, 1.82) is 0 Å². The first-order valence-electron chi connectivity index (χ1n) is 6.16. The number of halogens is 1. The Kier molecular flexibility index (Phi) is 3.27. The summed E-state index contributed by atoms with van der Waals surface area (Å²) in [5.74, 6) is 0.299. The number of aromatic nitrogens is 2. The quantitative estimate of drug-likeness (QED) is 0.856. The van der Waals surface area contributed by atoms with E-state index in [4.69, 9.17) is 0 Å². The van der Waals surface area contributed by atoms with Crippen LogP contribution in [0.15, 0.2) is 29.1 Å². The van der Waals surface area contributed by atoms with E-state index < -0.39 is 0 Å². The second-order valence-electron chi connectivity index (χ2n) is 5.69. The number of rotatable bonds is 1. The molecule has 19 heavy (non-hydrogen) atoms. The highest BCUT2D eigenvalue weighted by atomic mass is 19.1. The molecule has 0 saturated carbocycles. The molecule has 3 nitrogen and oxygen atoms in total. The first-order valence-corrected chi connectivity index (χ1v) is 6.16. The van der Waals surface area contributed by atoms with Gasteiger partial charge in [-0.3, -0.25) is 4.79 Å². The first kappa shape index (κ1) is 13.5. The van der Waals surface area contributed by atoms with Crippen LogP contribution in [0.2, 0.25) is 0 Å². The largest absolute Gasteiger partial charge is 0.310 e. The Labute approximate surface area is 111 Å². The Balaban J connectivity index is 2.59. The molecule has 2 rings (SSSR count). The van der Waals surface area contributed by atoms with Crippen LogP contribution in [0.3, 0.4) is 0 Å². The highest BCUT2D eigenvalue weighted by molar-refractivity contribution is 5.59. The average molecular weight is 260 g/mol. The van der Waals surface area contributed by atoms with E-state index in [1.807, 2.05) is 20.8 Å². The highest BCUT2D eigenvalue weighted by Crippen LogP contribution is 2.22. The van der Waals surface area contributed by atoms with Gasteiger partial charge in [0.1, 0.15) is 11.6 Å². The number of hydrogen-bond acceptors (Lipinski definition) is 2. The van der Waals surface area contributed by atoms with Gasteiger partial charge in [0.15, 0.2) is 0 Å². The SMILES string of the molecule is Cc1ccc(-c2cc(=O)[nH]c(C(C)(C)C)n2)cc1F. The fourth-order valence-electron chi connectivity index (χ4n) is 1.71. The summed E-state index contributed by atoms with van der Waals surface area (Å²) in [4.78, 5) is 18.8. The minimum absolute atomic E-state index is 0.226. The van der Waals surface area contributed by atoms with E-state index in [2.05, 4.69) is 9.97 Å². The number of benzene rings is 1. The van der Waals surface area contributed by atoms with Crippen molar-refractivity contribution >= 4 is 0 Å². The Morgan fingerprint density at radius 1 is 1.21 bits per heavy atom. The summed E-state index contributed by atoms with van der Waals surface area (Å²) in [6, 6.07) is 6.25. The van der Waals surface area contributed by atoms with Crippen molar-refractivity contribution in [2.45, 2.75) is 33.1 Å². The molecular formula is C15H17FN2O. The maximum atomic E-state index is 13.6. The van der Waals surface area contributed by atoms with Gasteiger partial charge in [-0.25, -0.2) is 9.37 Å². The topological polar surface area (TPSA) is 45.8 Å². The lowest BCUT2D eigenvalue weighted by Gasteiger charge is -2.17. The maximum Gasteiger partial charge on any atom is 0.251 e. The standard InChI is InChI=1S/C15H17FN2O/c1-9-5-6-10(7-11(9)16)12-8-13(19)18-14(17-12)15(2,3)4/h5-8H,1-4H3,(H,17,18,19). The normalized spacial score (nSPS) is 11.6. The predicted molar refractivity (Wildman–Crippen MR) is 73.7 cm³/mol. The van der Waals surface area contributed by atoms with E-state index in [1.165, 1.54) is 12.1 Å². The molecule has 4 heteroatoms. The molecule has 100 valence electrons. The molecular weight excluding hydrogens is 243 g/mol. The molecule has 2 aromatic rings. The highest BCUT2D eigenvalue weighted by Gasteiger charge is 2.18. The molecule has 0 aliphatic rings.